The number of hydrogen-bond donors (Lipinski definition) is 0. The first kappa shape index (κ1) is 16.5. The normalized spacial score (nSPS) is 8.35. The van der Waals surface area contributed by atoms with Gasteiger partial charge in [-0.05, 0) is 24.9 Å². The van der Waals surface area contributed by atoms with E-state index in [0.29, 0.717) is 11.8 Å². The van der Waals surface area contributed by atoms with Crippen LogP contribution in [0.25, 0.3) is 0 Å². The topological polar surface area (TPSA) is 35.0 Å². The van der Waals surface area contributed by atoms with Gasteiger partial charge in [0.2, 0.25) is 0 Å². The fourth-order valence-electron chi connectivity index (χ4n) is 0.886. The minimum absolute atomic E-state index is 0. The Kier molecular flexibility index (Phi) is 10.3. The molecule has 0 spiro atoms. The molecule has 87 valence electrons. The molecule has 5 heteroatoms. The van der Waals surface area contributed by atoms with Crippen molar-refractivity contribution in [3.8, 4) is 5.75 Å². The van der Waals surface area contributed by atoms with Crippen LogP contribution in [-0.2, 0) is 32.7 Å². The summed E-state index contributed by atoms with van der Waals surface area (Å²) < 4.78 is 5.09. The van der Waals surface area contributed by atoms with Crippen LogP contribution in [0.15, 0.2) is 42.7 Å². The number of hydrogen-bond acceptors (Lipinski definition) is 3. The van der Waals surface area contributed by atoms with E-state index in [0.717, 1.165) is 5.75 Å². The molecule has 1 heterocycles. The molecule has 0 saturated carbocycles. The summed E-state index contributed by atoms with van der Waals surface area (Å²) in [5.74, 6) is 0.882. The average molecular weight is 324 g/mol. The Labute approximate surface area is 131 Å². The number of nitrogens with zero attached hydrogens (tertiary/aromatic N) is 2. The Balaban J connectivity index is 0.000000292. The van der Waals surface area contributed by atoms with Crippen molar-refractivity contribution in [2.75, 3.05) is 6.61 Å². The van der Waals surface area contributed by atoms with Crippen molar-refractivity contribution >= 4 is 11.6 Å². The van der Waals surface area contributed by atoms with E-state index in [-0.39, 0.29) is 32.7 Å². The standard InChI is InChI=1S/C8H9O.C4H2ClN2.Y/c1-2-9-8-6-4-3-5-7-8;5-4-3-6-1-2-7-4;/h3-7H,1-2H2;1-2H;/q2*-1;. The first-order valence-corrected chi connectivity index (χ1v) is 5.02. The van der Waals surface area contributed by atoms with Crippen LogP contribution in [0.4, 0.5) is 0 Å². The SMILES string of the molecule is Clc1[c-]nccn1.[CH2-]COc1ccccc1.[Y]. The van der Waals surface area contributed by atoms with Crippen molar-refractivity contribution in [2.24, 2.45) is 0 Å². The van der Waals surface area contributed by atoms with E-state index in [2.05, 4.69) is 23.1 Å². The van der Waals surface area contributed by atoms with Gasteiger partial charge in [-0.25, -0.2) is 0 Å². The van der Waals surface area contributed by atoms with Crippen molar-refractivity contribution in [3.63, 3.8) is 0 Å². The van der Waals surface area contributed by atoms with E-state index in [1.54, 1.807) is 0 Å². The van der Waals surface area contributed by atoms with Crippen LogP contribution in [0.2, 0.25) is 5.15 Å². The van der Waals surface area contributed by atoms with Crippen molar-refractivity contribution in [2.45, 2.75) is 0 Å². The predicted molar refractivity (Wildman–Crippen MR) is 63.2 cm³/mol. The van der Waals surface area contributed by atoms with Gasteiger partial charge < -0.3 is 16.6 Å². The molecule has 0 amide bonds. The van der Waals surface area contributed by atoms with E-state index in [1.165, 1.54) is 12.4 Å². The van der Waals surface area contributed by atoms with Gasteiger partial charge in [0.05, 0.1) is 5.15 Å². The van der Waals surface area contributed by atoms with Crippen LogP contribution in [0.1, 0.15) is 0 Å². The maximum atomic E-state index is 5.31. The molecule has 1 radical (unpaired) electrons. The Bertz CT molecular complexity index is 386. The van der Waals surface area contributed by atoms with Crippen LogP contribution in [-0.4, -0.2) is 16.6 Å². The second-order valence-electron chi connectivity index (χ2n) is 2.62. The van der Waals surface area contributed by atoms with Gasteiger partial charge in [-0.2, -0.15) is 0 Å². The number of ether oxygens (including phenoxy) is 1. The van der Waals surface area contributed by atoms with Crippen LogP contribution in [0.5, 0.6) is 5.75 Å². The zero-order chi connectivity index (χ0) is 11.6. The fourth-order valence-corrected chi connectivity index (χ4v) is 0.991. The molecule has 0 fully saturated rings. The zero-order valence-electron chi connectivity index (χ0n) is 9.21. The maximum Gasteiger partial charge on any atom is 0.115 e. The second-order valence-corrected chi connectivity index (χ2v) is 2.98. The molecule has 1 aromatic carbocycles. The predicted octanol–water partition coefficient (Wildman–Crippen LogP) is 2.83. The smallest absolute Gasteiger partial charge is 0.115 e. The molecule has 0 atom stereocenters. The second kappa shape index (κ2) is 10.6. The van der Waals surface area contributed by atoms with Crippen LogP contribution < -0.4 is 4.74 Å². The van der Waals surface area contributed by atoms with Crippen LogP contribution in [0.3, 0.4) is 0 Å². The number of halogens is 1. The number of benzene rings is 1. The van der Waals surface area contributed by atoms with Crippen molar-refractivity contribution in [1.29, 1.82) is 0 Å². The quantitative estimate of drug-likeness (QED) is 0.797. The summed E-state index contributed by atoms with van der Waals surface area (Å²) in [6.07, 6.45) is 5.47. The molecule has 0 aliphatic rings. The molecule has 2 aromatic rings. The summed E-state index contributed by atoms with van der Waals surface area (Å²) in [5, 5.41) is 0.308. The molecule has 1 aromatic heterocycles. The van der Waals surface area contributed by atoms with Crippen molar-refractivity contribution in [1.82, 2.24) is 9.97 Å². The molecule has 0 aliphatic carbocycles. The Morgan fingerprint density at radius 3 is 2.35 bits per heavy atom. The summed E-state index contributed by atoms with van der Waals surface area (Å²) in [6, 6.07) is 9.64. The van der Waals surface area contributed by atoms with E-state index in [4.69, 9.17) is 16.3 Å². The number of aromatic nitrogens is 2. The molecule has 0 bridgehead atoms. The van der Waals surface area contributed by atoms with Gasteiger partial charge in [0.25, 0.3) is 0 Å². The van der Waals surface area contributed by atoms with Gasteiger partial charge in [0, 0.05) is 32.7 Å². The third-order valence-corrected chi connectivity index (χ3v) is 1.68. The summed E-state index contributed by atoms with van der Waals surface area (Å²) in [6.45, 7) is 4.05. The van der Waals surface area contributed by atoms with Gasteiger partial charge in [-0.1, -0.05) is 29.8 Å². The van der Waals surface area contributed by atoms with Gasteiger partial charge in [-0.3, -0.25) is 4.98 Å². The Morgan fingerprint density at radius 2 is 1.94 bits per heavy atom. The molecular weight excluding hydrogens is 313 g/mol. The van der Waals surface area contributed by atoms with Crippen LogP contribution in [0, 0.1) is 13.1 Å². The van der Waals surface area contributed by atoms with Gasteiger partial charge in [0.15, 0.2) is 0 Å². The van der Waals surface area contributed by atoms with E-state index in [9.17, 15) is 0 Å². The third-order valence-electron chi connectivity index (χ3n) is 1.50. The van der Waals surface area contributed by atoms with Gasteiger partial charge in [-0.15, -0.1) is 12.4 Å². The molecule has 2 rings (SSSR count). The van der Waals surface area contributed by atoms with E-state index >= 15 is 0 Å². The number of rotatable bonds is 2. The van der Waals surface area contributed by atoms with E-state index < -0.39 is 0 Å². The minimum atomic E-state index is 0. The van der Waals surface area contributed by atoms with E-state index in [1.807, 2.05) is 30.3 Å². The molecule has 0 N–H and O–H groups in total. The summed E-state index contributed by atoms with van der Waals surface area (Å²) >= 11 is 5.31. The monoisotopic (exact) mass is 323 g/mol. The van der Waals surface area contributed by atoms with Gasteiger partial charge >= 0.3 is 0 Å². The zero-order valence-corrected chi connectivity index (χ0v) is 12.8. The molecule has 3 nitrogen and oxygen atoms in total. The minimum Gasteiger partial charge on any atom is -0.525 e. The summed E-state index contributed by atoms with van der Waals surface area (Å²) in [4.78, 5) is 7.19. The van der Waals surface area contributed by atoms with Crippen molar-refractivity contribution < 1.29 is 37.4 Å². The molecule has 0 aliphatic heterocycles. The third kappa shape index (κ3) is 8.25. The molecule has 17 heavy (non-hydrogen) atoms. The fraction of sp³-hybridized carbons (Fsp3) is 0.0833. The molecular formula is C12H11ClN2OY-2. The maximum absolute atomic E-state index is 5.31. The Morgan fingerprint density at radius 1 is 1.24 bits per heavy atom. The molecule has 0 saturated heterocycles. The average Bonchev–Trinajstić information content (AvgIpc) is 2.33. The number of para-hydroxylation sites is 1. The Hall–Kier alpha value is -0.506. The summed E-state index contributed by atoms with van der Waals surface area (Å²) in [5.41, 5.74) is 0. The summed E-state index contributed by atoms with van der Waals surface area (Å²) in [7, 11) is 0. The first-order chi connectivity index (χ1) is 7.83. The van der Waals surface area contributed by atoms with Gasteiger partial charge in [0.1, 0.15) is 5.75 Å². The molecule has 0 unspecified atom stereocenters. The first-order valence-electron chi connectivity index (χ1n) is 4.64. The van der Waals surface area contributed by atoms with Crippen molar-refractivity contribution in [3.05, 3.63) is 61.0 Å². The largest absolute Gasteiger partial charge is 0.525 e. The van der Waals surface area contributed by atoms with Crippen LogP contribution >= 0.6 is 11.6 Å².